The monoisotopic (exact) mass is 349 g/mol. The largest absolute Gasteiger partial charge is 0.467 e. The van der Waals surface area contributed by atoms with E-state index in [1.54, 1.807) is 41.3 Å². The van der Waals surface area contributed by atoms with E-state index in [-0.39, 0.29) is 11.7 Å². The van der Waals surface area contributed by atoms with Gasteiger partial charge in [0.1, 0.15) is 12.3 Å². The first kappa shape index (κ1) is 15.6. The highest BCUT2D eigenvalue weighted by Crippen LogP contribution is 2.17. The summed E-state index contributed by atoms with van der Waals surface area (Å²) in [7, 11) is 0. The Morgan fingerprint density at radius 3 is 2.87 bits per heavy atom. The standard InChI is InChI=1S/C14H12ClN5O2S/c15-10-3-5-11(6-4-10)16-13(21)9-23-14-17-18-19-20(14)8-12-2-1-7-22-12/h1-7H,8-9H2,(H,16,21). The number of thioether (sulfide) groups is 1. The van der Waals surface area contributed by atoms with E-state index >= 15 is 0 Å². The fourth-order valence-electron chi connectivity index (χ4n) is 1.81. The van der Waals surface area contributed by atoms with Crippen molar-refractivity contribution in [2.45, 2.75) is 11.7 Å². The zero-order valence-corrected chi connectivity index (χ0v) is 13.4. The third-order valence-electron chi connectivity index (χ3n) is 2.85. The van der Waals surface area contributed by atoms with Crippen LogP contribution in [0, 0.1) is 0 Å². The number of carbonyl (C=O) groups excluding carboxylic acids is 1. The molecule has 0 fully saturated rings. The van der Waals surface area contributed by atoms with Crippen LogP contribution in [0.2, 0.25) is 5.02 Å². The Morgan fingerprint density at radius 1 is 1.30 bits per heavy atom. The van der Waals surface area contributed by atoms with Gasteiger partial charge >= 0.3 is 0 Å². The molecule has 2 heterocycles. The normalized spacial score (nSPS) is 10.7. The molecular formula is C14H12ClN5O2S. The van der Waals surface area contributed by atoms with Crippen molar-refractivity contribution in [3.8, 4) is 0 Å². The lowest BCUT2D eigenvalue weighted by Gasteiger charge is -2.05. The van der Waals surface area contributed by atoms with Crippen LogP contribution < -0.4 is 5.32 Å². The van der Waals surface area contributed by atoms with Crippen molar-refractivity contribution in [3.05, 3.63) is 53.4 Å². The van der Waals surface area contributed by atoms with Gasteiger partial charge in [-0.2, -0.15) is 0 Å². The minimum Gasteiger partial charge on any atom is -0.467 e. The van der Waals surface area contributed by atoms with Gasteiger partial charge in [-0.3, -0.25) is 4.79 Å². The SMILES string of the molecule is O=C(CSc1nnnn1Cc1ccco1)Nc1ccc(Cl)cc1. The summed E-state index contributed by atoms with van der Waals surface area (Å²) in [6.07, 6.45) is 1.59. The van der Waals surface area contributed by atoms with Crippen molar-refractivity contribution in [1.82, 2.24) is 20.2 Å². The first-order valence-corrected chi connectivity index (χ1v) is 8.04. The van der Waals surface area contributed by atoms with Gasteiger partial charge < -0.3 is 9.73 Å². The van der Waals surface area contributed by atoms with Crippen LogP contribution in [0.3, 0.4) is 0 Å². The van der Waals surface area contributed by atoms with E-state index in [0.29, 0.717) is 22.4 Å². The second kappa shape index (κ2) is 7.30. The maximum absolute atomic E-state index is 12.0. The summed E-state index contributed by atoms with van der Waals surface area (Å²) in [4.78, 5) is 12.0. The van der Waals surface area contributed by atoms with Crippen LogP contribution in [0.5, 0.6) is 0 Å². The summed E-state index contributed by atoms with van der Waals surface area (Å²) in [5.41, 5.74) is 0.690. The Hall–Kier alpha value is -2.32. The smallest absolute Gasteiger partial charge is 0.234 e. The van der Waals surface area contributed by atoms with Crippen LogP contribution in [0.1, 0.15) is 5.76 Å². The van der Waals surface area contributed by atoms with Crippen molar-refractivity contribution in [2.24, 2.45) is 0 Å². The quantitative estimate of drug-likeness (QED) is 0.688. The minimum atomic E-state index is -0.148. The van der Waals surface area contributed by atoms with Gasteiger partial charge in [0, 0.05) is 10.7 Å². The zero-order valence-electron chi connectivity index (χ0n) is 11.8. The van der Waals surface area contributed by atoms with E-state index < -0.39 is 0 Å². The molecule has 3 aromatic rings. The molecule has 2 aromatic heterocycles. The van der Waals surface area contributed by atoms with Gasteiger partial charge in [-0.25, -0.2) is 4.68 Å². The Balaban J connectivity index is 1.55. The maximum atomic E-state index is 12.0. The molecule has 0 spiro atoms. The average Bonchev–Trinajstić information content (AvgIpc) is 3.20. The second-order valence-electron chi connectivity index (χ2n) is 4.54. The number of nitrogens with one attached hydrogen (secondary N) is 1. The molecule has 1 amide bonds. The van der Waals surface area contributed by atoms with Crippen molar-refractivity contribution in [2.75, 3.05) is 11.1 Å². The lowest BCUT2D eigenvalue weighted by molar-refractivity contribution is -0.113. The number of carbonyl (C=O) groups is 1. The molecule has 0 bridgehead atoms. The van der Waals surface area contributed by atoms with E-state index in [2.05, 4.69) is 20.8 Å². The molecule has 0 unspecified atom stereocenters. The molecule has 0 saturated carbocycles. The summed E-state index contributed by atoms with van der Waals surface area (Å²) >= 11 is 7.06. The van der Waals surface area contributed by atoms with Crippen LogP contribution in [0.25, 0.3) is 0 Å². The molecule has 0 radical (unpaired) electrons. The van der Waals surface area contributed by atoms with Gasteiger partial charge in [0.05, 0.1) is 12.0 Å². The highest BCUT2D eigenvalue weighted by Gasteiger charge is 2.11. The van der Waals surface area contributed by atoms with Gasteiger partial charge in [0.2, 0.25) is 11.1 Å². The van der Waals surface area contributed by atoms with Crippen molar-refractivity contribution in [1.29, 1.82) is 0 Å². The average molecular weight is 350 g/mol. The van der Waals surface area contributed by atoms with Crippen molar-refractivity contribution in [3.63, 3.8) is 0 Å². The van der Waals surface area contributed by atoms with E-state index in [1.807, 2.05) is 6.07 Å². The summed E-state index contributed by atoms with van der Waals surface area (Å²) in [6.45, 7) is 0.418. The van der Waals surface area contributed by atoms with Gasteiger partial charge in [0.15, 0.2) is 0 Å². The molecule has 0 aliphatic rings. The van der Waals surface area contributed by atoms with Crippen LogP contribution in [-0.4, -0.2) is 31.9 Å². The summed E-state index contributed by atoms with van der Waals surface area (Å²) < 4.78 is 6.84. The first-order chi connectivity index (χ1) is 11.2. The molecule has 0 aliphatic heterocycles. The Bertz CT molecular complexity index is 773. The van der Waals surface area contributed by atoms with Crippen LogP contribution >= 0.6 is 23.4 Å². The number of amides is 1. The minimum absolute atomic E-state index is 0.148. The highest BCUT2D eigenvalue weighted by atomic mass is 35.5. The predicted molar refractivity (Wildman–Crippen MR) is 86.4 cm³/mol. The predicted octanol–water partition coefficient (Wildman–Crippen LogP) is 2.70. The molecule has 3 rings (SSSR count). The van der Waals surface area contributed by atoms with Crippen molar-refractivity contribution >= 4 is 35.0 Å². The molecule has 0 saturated heterocycles. The number of hydrogen-bond donors (Lipinski definition) is 1. The Kier molecular flexibility index (Phi) is 4.94. The number of benzene rings is 1. The third kappa shape index (κ3) is 4.33. The number of anilines is 1. The Morgan fingerprint density at radius 2 is 2.13 bits per heavy atom. The summed E-state index contributed by atoms with van der Waals surface area (Å²) in [6, 6.07) is 10.6. The topological polar surface area (TPSA) is 85.8 Å². The number of tetrazole rings is 1. The van der Waals surface area contributed by atoms with Gasteiger partial charge in [-0.1, -0.05) is 23.4 Å². The van der Waals surface area contributed by atoms with Gasteiger partial charge in [0.25, 0.3) is 0 Å². The van der Waals surface area contributed by atoms with E-state index in [1.165, 1.54) is 11.8 Å². The Labute approximate surface area is 141 Å². The van der Waals surface area contributed by atoms with Gasteiger partial charge in [-0.05, 0) is 46.8 Å². The van der Waals surface area contributed by atoms with Gasteiger partial charge in [-0.15, -0.1) is 5.10 Å². The molecule has 23 heavy (non-hydrogen) atoms. The lowest BCUT2D eigenvalue weighted by Crippen LogP contribution is -2.14. The molecule has 0 aliphatic carbocycles. The van der Waals surface area contributed by atoms with E-state index in [4.69, 9.17) is 16.0 Å². The molecule has 1 aromatic carbocycles. The fourth-order valence-corrected chi connectivity index (χ4v) is 2.61. The van der Waals surface area contributed by atoms with E-state index in [0.717, 1.165) is 5.76 Å². The van der Waals surface area contributed by atoms with E-state index in [9.17, 15) is 4.79 Å². The fraction of sp³-hybridized carbons (Fsp3) is 0.143. The number of rotatable bonds is 6. The highest BCUT2D eigenvalue weighted by molar-refractivity contribution is 7.99. The molecular weight excluding hydrogens is 338 g/mol. The van der Waals surface area contributed by atoms with Crippen LogP contribution in [0.4, 0.5) is 5.69 Å². The number of hydrogen-bond acceptors (Lipinski definition) is 6. The number of nitrogens with zero attached hydrogens (tertiary/aromatic N) is 4. The summed E-state index contributed by atoms with van der Waals surface area (Å²) in [5.74, 6) is 0.788. The third-order valence-corrected chi connectivity index (χ3v) is 4.05. The molecule has 9 heteroatoms. The molecule has 7 nitrogen and oxygen atoms in total. The molecule has 0 atom stereocenters. The second-order valence-corrected chi connectivity index (χ2v) is 5.92. The lowest BCUT2D eigenvalue weighted by atomic mass is 10.3. The number of halogens is 1. The zero-order chi connectivity index (χ0) is 16.1. The number of aromatic nitrogens is 4. The van der Waals surface area contributed by atoms with Crippen molar-refractivity contribution < 1.29 is 9.21 Å². The number of furan rings is 1. The van der Waals surface area contributed by atoms with Crippen LogP contribution in [0.15, 0.2) is 52.2 Å². The summed E-state index contributed by atoms with van der Waals surface area (Å²) in [5, 5.41) is 15.4. The maximum Gasteiger partial charge on any atom is 0.234 e. The van der Waals surface area contributed by atoms with Crippen LogP contribution in [-0.2, 0) is 11.3 Å². The molecule has 1 N–H and O–H groups in total. The molecule has 118 valence electrons. The first-order valence-electron chi connectivity index (χ1n) is 6.67.